The molecule has 0 atom stereocenters. The zero-order valence-electron chi connectivity index (χ0n) is 15.2. The number of halogens is 4. The van der Waals surface area contributed by atoms with E-state index < -0.39 is 17.8 Å². The van der Waals surface area contributed by atoms with Gasteiger partial charge in [0, 0.05) is 18.0 Å². The van der Waals surface area contributed by atoms with E-state index in [2.05, 4.69) is 31.7 Å². The first-order valence-electron chi connectivity index (χ1n) is 8.08. The fourth-order valence-electron chi connectivity index (χ4n) is 2.37. The molecule has 0 aliphatic carbocycles. The first kappa shape index (κ1) is 22.6. The maximum Gasteiger partial charge on any atom is 0.436 e. The maximum absolute atomic E-state index is 12.9. The van der Waals surface area contributed by atoms with Crippen LogP contribution in [0.3, 0.4) is 0 Å². The van der Waals surface area contributed by atoms with Gasteiger partial charge in [-0.25, -0.2) is 4.79 Å². The first-order chi connectivity index (χ1) is 13.0. The van der Waals surface area contributed by atoms with Crippen LogP contribution in [0.5, 0.6) is 0 Å². The van der Waals surface area contributed by atoms with E-state index in [-0.39, 0.29) is 4.47 Å². The Morgan fingerprint density at radius 3 is 2.68 bits per heavy atom. The number of alkyl halides is 3. The lowest BCUT2D eigenvalue weighted by molar-refractivity contribution is -0.142. The topological polar surface area (TPSA) is 68.2 Å². The zero-order valence-corrected chi connectivity index (χ0v) is 18.5. The summed E-state index contributed by atoms with van der Waals surface area (Å²) in [5.74, 6) is -0.463. The molecule has 2 rings (SSSR count). The van der Waals surface area contributed by atoms with Crippen molar-refractivity contribution >= 4 is 55.6 Å². The molecule has 0 amide bonds. The summed E-state index contributed by atoms with van der Waals surface area (Å²) in [5.41, 5.74) is -0.130. The van der Waals surface area contributed by atoms with Gasteiger partial charge < -0.3 is 15.4 Å². The van der Waals surface area contributed by atoms with Crippen molar-refractivity contribution in [1.29, 1.82) is 0 Å². The van der Waals surface area contributed by atoms with E-state index in [1.54, 1.807) is 13.0 Å². The smallest absolute Gasteiger partial charge is 0.436 e. The van der Waals surface area contributed by atoms with Gasteiger partial charge in [0.05, 0.1) is 22.8 Å². The van der Waals surface area contributed by atoms with Gasteiger partial charge in [-0.05, 0) is 54.5 Å². The molecule has 2 N–H and O–H groups in total. The van der Waals surface area contributed by atoms with Gasteiger partial charge in [-0.15, -0.1) is 11.3 Å². The number of esters is 1. The van der Waals surface area contributed by atoms with E-state index in [0.717, 1.165) is 4.88 Å². The normalized spacial score (nSPS) is 11.4. The largest absolute Gasteiger partial charge is 0.465 e. The highest BCUT2D eigenvalue weighted by Crippen LogP contribution is 2.35. The molecule has 0 aliphatic heterocycles. The summed E-state index contributed by atoms with van der Waals surface area (Å²) in [6.45, 7) is 4.14. The van der Waals surface area contributed by atoms with Crippen LogP contribution in [0.25, 0.3) is 0 Å². The number of hydrogen-bond donors (Lipinski definition) is 2. The fourth-order valence-corrected chi connectivity index (χ4v) is 4.05. The average molecular weight is 499 g/mol. The van der Waals surface area contributed by atoms with Crippen LogP contribution in [0, 0.1) is 13.8 Å². The van der Waals surface area contributed by atoms with Gasteiger partial charge in [0.2, 0.25) is 0 Å². The van der Waals surface area contributed by atoms with E-state index in [0.29, 0.717) is 40.9 Å². The van der Waals surface area contributed by atoms with Crippen molar-refractivity contribution < 1.29 is 22.7 Å². The quantitative estimate of drug-likeness (QED) is 0.347. The molecule has 12 heteroatoms. The fraction of sp³-hybridized carbons (Fsp3) is 0.438. The minimum absolute atomic E-state index is 0.0476. The monoisotopic (exact) mass is 498 g/mol. The molecule has 0 aromatic carbocycles. The van der Waals surface area contributed by atoms with Crippen molar-refractivity contribution in [3.05, 3.63) is 32.4 Å². The number of thiocarbonyl (C=S) groups is 1. The average Bonchev–Trinajstić information content (AvgIpc) is 3.11. The number of aryl methyl sites for hydroxylation is 2. The molecule has 0 aliphatic rings. The SMILES string of the molecule is COC(=O)c1cc(C)sc1NC(=S)NCCCn1nc(C(F)(F)F)c(Br)c1C. The first-order valence-corrected chi connectivity index (χ1v) is 10.1. The van der Waals surface area contributed by atoms with Gasteiger partial charge in [-0.2, -0.15) is 18.3 Å². The van der Waals surface area contributed by atoms with Crippen LogP contribution in [-0.2, 0) is 17.5 Å². The molecule has 0 unspecified atom stereocenters. The van der Waals surface area contributed by atoms with Crippen LogP contribution >= 0.6 is 39.5 Å². The van der Waals surface area contributed by atoms with Crippen molar-refractivity contribution in [2.24, 2.45) is 0 Å². The Bertz CT molecular complexity index is 880. The second-order valence-corrected chi connectivity index (χ2v) is 8.25. The summed E-state index contributed by atoms with van der Waals surface area (Å²) in [7, 11) is 1.30. The van der Waals surface area contributed by atoms with Crippen molar-refractivity contribution in [3.8, 4) is 0 Å². The highest BCUT2D eigenvalue weighted by molar-refractivity contribution is 9.10. The van der Waals surface area contributed by atoms with Gasteiger partial charge in [0.1, 0.15) is 5.00 Å². The van der Waals surface area contributed by atoms with Crippen LogP contribution in [0.2, 0.25) is 0 Å². The highest BCUT2D eigenvalue weighted by Gasteiger charge is 2.37. The minimum Gasteiger partial charge on any atom is -0.465 e. The molecule has 0 saturated carbocycles. The Balaban J connectivity index is 1.88. The van der Waals surface area contributed by atoms with Crippen molar-refractivity contribution in [1.82, 2.24) is 15.1 Å². The second kappa shape index (κ2) is 9.23. The number of thiophene rings is 1. The number of carbonyl (C=O) groups excluding carboxylic acids is 1. The van der Waals surface area contributed by atoms with Gasteiger partial charge in [0.15, 0.2) is 10.8 Å². The number of methoxy groups -OCH3 is 1. The summed E-state index contributed by atoms with van der Waals surface area (Å²) in [4.78, 5) is 12.7. The molecular formula is C16H18BrF3N4O2S2. The molecule has 6 nitrogen and oxygen atoms in total. The van der Waals surface area contributed by atoms with E-state index in [9.17, 15) is 18.0 Å². The third-order valence-electron chi connectivity index (χ3n) is 3.72. The van der Waals surface area contributed by atoms with Crippen LogP contribution in [0.15, 0.2) is 10.5 Å². The van der Waals surface area contributed by atoms with Crippen LogP contribution in [-0.4, -0.2) is 34.5 Å². The molecule has 2 heterocycles. The highest BCUT2D eigenvalue weighted by atomic mass is 79.9. The van der Waals surface area contributed by atoms with E-state index >= 15 is 0 Å². The Hall–Kier alpha value is -1.66. The molecule has 0 saturated heterocycles. The molecule has 28 heavy (non-hydrogen) atoms. The molecule has 2 aromatic rings. The van der Waals surface area contributed by atoms with E-state index in [1.807, 2.05) is 6.92 Å². The number of nitrogens with one attached hydrogen (secondary N) is 2. The number of aromatic nitrogens is 2. The minimum atomic E-state index is -4.51. The summed E-state index contributed by atoms with van der Waals surface area (Å²) in [6.07, 6.45) is -4.00. The molecule has 0 radical (unpaired) electrons. The number of carbonyl (C=O) groups is 1. The Morgan fingerprint density at radius 2 is 2.11 bits per heavy atom. The molecule has 0 fully saturated rings. The Labute approximate surface area is 177 Å². The number of nitrogens with zero attached hydrogens (tertiary/aromatic N) is 2. The number of rotatable bonds is 6. The third kappa shape index (κ3) is 5.45. The predicted octanol–water partition coefficient (Wildman–Crippen LogP) is 4.51. The van der Waals surface area contributed by atoms with Gasteiger partial charge in [0.25, 0.3) is 0 Å². The molecule has 0 spiro atoms. The number of hydrogen-bond acceptors (Lipinski definition) is 5. The molecular weight excluding hydrogens is 481 g/mol. The molecule has 154 valence electrons. The summed E-state index contributed by atoms with van der Waals surface area (Å²) in [5, 5.41) is 10.4. The Kier molecular flexibility index (Phi) is 7.46. The van der Waals surface area contributed by atoms with Gasteiger partial charge in [-0.1, -0.05) is 0 Å². The van der Waals surface area contributed by atoms with Gasteiger partial charge >= 0.3 is 12.1 Å². The summed E-state index contributed by atoms with van der Waals surface area (Å²) < 4.78 is 44.7. The number of anilines is 1. The standard InChI is InChI=1S/C16H18BrF3N4O2S2/c1-8-7-10(14(25)26-3)13(28-8)22-15(27)21-5-4-6-24-9(2)11(17)12(23-24)16(18,19)20/h7H,4-6H2,1-3H3,(H2,21,22,27). The Morgan fingerprint density at radius 1 is 1.43 bits per heavy atom. The number of ether oxygens (including phenoxy) is 1. The van der Waals surface area contributed by atoms with E-state index in [4.69, 9.17) is 17.0 Å². The van der Waals surface area contributed by atoms with Crippen LogP contribution in [0.4, 0.5) is 18.2 Å². The predicted molar refractivity (Wildman–Crippen MR) is 109 cm³/mol. The third-order valence-corrected chi connectivity index (χ3v) is 5.88. The summed E-state index contributed by atoms with van der Waals surface area (Å²) >= 11 is 9.52. The zero-order chi connectivity index (χ0) is 21.1. The maximum atomic E-state index is 12.9. The lowest BCUT2D eigenvalue weighted by Gasteiger charge is -2.11. The summed E-state index contributed by atoms with van der Waals surface area (Å²) in [6, 6.07) is 1.71. The van der Waals surface area contributed by atoms with Crippen LogP contribution < -0.4 is 10.6 Å². The van der Waals surface area contributed by atoms with Gasteiger partial charge in [-0.3, -0.25) is 4.68 Å². The second-order valence-electron chi connectivity index (χ2n) is 5.79. The van der Waals surface area contributed by atoms with Crippen molar-refractivity contribution in [3.63, 3.8) is 0 Å². The lowest BCUT2D eigenvalue weighted by Crippen LogP contribution is -2.30. The molecule has 2 aromatic heterocycles. The van der Waals surface area contributed by atoms with E-state index in [1.165, 1.54) is 23.1 Å². The lowest BCUT2D eigenvalue weighted by atomic mass is 10.3. The van der Waals surface area contributed by atoms with Crippen molar-refractivity contribution in [2.75, 3.05) is 19.0 Å². The van der Waals surface area contributed by atoms with Crippen LogP contribution in [0.1, 0.15) is 33.0 Å². The molecule has 0 bridgehead atoms. The van der Waals surface area contributed by atoms with Crippen molar-refractivity contribution in [2.45, 2.75) is 33.0 Å².